The zero-order valence-electron chi connectivity index (χ0n) is 11.9. The molecule has 0 bridgehead atoms. The number of hydrogen-bond acceptors (Lipinski definition) is 2. The number of hydrogen-bond donors (Lipinski definition) is 2. The van der Waals surface area contributed by atoms with E-state index in [4.69, 9.17) is 0 Å². The second-order valence-corrected chi connectivity index (χ2v) is 5.31. The van der Waals surface area contributed by atoms with Gasteiger partial charge >= 0.3 is 0 Å². The Balaban J connectivity index is 2.42. The van der Waals surface area contributed by atoms with Crippen molar-refractivity contribution in [3.8, 4) is 0 Å². The van der Waals surface area contributed by atoms with Gasteiger partial charge in [-0.05, 0) is 24.3 Å². The smallest absolute Gasteiger partial charge is 0.0499 e. The molecule has 0 spiro atoms. The molecule has 2 N–H and O–H groups in total. The summed E-state index contributed by atoms with van der Waals surface area (Å²) in [6.45, 7) is 8.68. The van der Waals surface area contributed by atoms with Crippen LogP contribution in [0.25, 0.3) is 0 Å². The number of rotatable bonds is 8. The Morgan fingerprint density at radius 3 is 2.28 bits per heavy atom. The molecule has 1 rings (SSSR count). The first-order chi connectivity index (χ1) is 8.67. The lowest BCUT2D eigenvalue weighted by atomic mass is 9.83. The molecule has 1 aromatic rings. The van der Waals surface area contributed by atoms with Gasteiger partial charge in [0.1, 0.15) is 0 Å². The van der Waals surface area contributed by atoms with Crippen LogP contribution in [0.2, 0.25) is 0 Å². The van der Waals surface area contributed by atoms with E-state index in [1.54, 1.807) is 0 Å². The summed E-state index contributed by atoms with van der Waals surface area (Å²) >= 11 is 0. The molecule has 0 saturated carbocycles. The van der Waals surface area contributed by atoms with Gasteiger partial charge in [0.25, 0.3) is 0 Å². The monoisotopic (exact) mass is 249 g/mol. The molecule has 1 atom stereocenters. The Kier molecular flexibility index (Phi) is 6.37. The molecule has 0 aromatic heterocycles. The van der Waals surface area contributed by atoms with Crippen molar-refractivity contribution in [1.29, 1.82) is 0 Å². The van der Waals surface area contributed by atoms with Crippen molar-refractivity contribution in [2.45, 2.75) is 39.5 Å². The van der Waals surface area contributed by atoms with E-state index in [1.165, 1.54) is 5.56 Å². The third kappa shape index (κ3) is 4.11. The van der Waals surface area contributed by atoms with Crippen molar-refractivity contribution in [2.24, 2.45) is 5.41 Å². The molecule has 2 heteroatoms. The summed E-state index contributed by atoms with van der Waals surface area (Å²) in [5.74, 6) is 0.510. The molecule has 0 saturated heterocycles. The van der Waals surface area contributed by atoms with Gasteiger partial charge in [0.05, 0.1) is 0 Å². The third-order valence-corrected chi connectivity index (χ3v) is 4.15. The fourth-order valence-electron chi connectivity index (χ4n) is 2.23. The molecular weight excluding hydrogens is 222 g/mol. The second kappa shape index (κ2) is 7.55. The summed E-state index contributed by atoms with van der Waals surface area (Å²) in [5, 5.41) is 13.0. The van der Waals surface area contributed by atoms with E-state index in [-0.39, 0.29) is 12.0 Å². The quantitative estimate of drug-likeness (QED) is 0.741. The van der Waals surface area contributed by atoms with Crippen LogP contribution in [0.3, 0.4) is 0 Å². The van der Waals surface area contributed by atoms with Crippen molar-refractivity contribution < 1.29 is 5.11 Å². The minimum absolute atomic E-state index is 0.0520. The van der Waals surface area contributed by atoms with Crippen LogP contribution in [0.15, 0.2) is 30.3 Å². The highest BCUT2D eigenvalue weighted by molar-refractivity contribution is 5.18. The SMILES string of the molecule is CCC(CC)(CO)CNCC(C)c1ccccc1. The van der Waals surface area contributed by atoms with Crippen LogP contribution in [0.5, 0.6) is 0 Å². The normalized spacial score (nSPS) is 13.6. The van der Waals surface area contributed by atoms with Crippen molar-refractivity contribution in [3.05, 3.63) is 35.9 Å². The summed E-state index contributed by atoms with van der Waals surface area (Å²) in [6, 6.07) is 10.6. The van der Waals surface area contributed by atoms with E-state index >= 15 is 0 Å². The largest absolute Gasteiger partial charge is 0.396 e. The number of nitrogens with one attached hydrogen (secondary N) is 1. The van der Waals surface area contributed by atoms with Crippen molar-refractivity contribution >= 4 is 0 Å². The highest BCUT2D eigenvalue weighted by Gasteiger charge is 2.24. The van der Waals surface area contributed by atoms with Crippen LogP contribution in [-0.2, 0) is 0 Å². The molecule has 102 valence electrons. The molecule has 2 nitrogen and oxygen atoms in total. The standard InChI is InChI=1S/C16H27NO/c1-4-16(5-2,13-18)12-17-11-14(3)15-9-7-6-8-10-15/h6-10,14,17-18H,4-5,11-13H2,1-3H3. The summed E-state index contributed by atoms with van der Waals surface area (Å²) < 4.78 is 0. The topological polar surface area (TPSA) is 32.3 Å². The van der Waals surface area contributed by atoms with Gasteiger partial charge in [-0.2, -0.15) is 0 Å². The van der Waals surface area contributed by atoms with Gasteiger partial charge in [-0.25, -0.2) is 0 Å². The van der Waals surface area contributed by atoms with Crippen LogP contribution in [0.1, 0.15) is 45.1 Å². The summed E-state index contributed by atoms with van der Waals surface area (Å²) in [7, 11) is 0. The van der Waals surface area contributed by atoms with E-state index in [9.17, 15) is 5.11 Å². The minimum Gasteiger partial charge on any atom is -0.396 e. The lowest BCUT2D eigenvalue weighted by molar-refractivity contribution is 0.113. The molecule has 0 amide bonds. The average molecular weight is 249 g/mol. The van der Waals surface area contributed by atoms with Gasteiger partial charge < -0.3 is 10.4 Å². The average Bonchev–Trinajstić information content (AvgIpc) is 2.45. The van der Waals surface area contributed by atoms with Crippen molar-refractivity contribution in [1.82, 2.24) is 5.32 Å². The first-order valence-corrected chi connectivity index (χ1v) is 7.04. The van der Waals surface area contributed by atoms with E-state index < -0.39 is 0 Å². The molecule has 0 aliphatic rings. The Labute approximate surface area is 111 Å². The highest BCUT2D eigenvalue weighted by atomic mass is 16.3. The van der Waals surface area contributed by atoms with E-state index in [0.29, 0.717) is 5.92 Å². The van der Waals surface area contributed by atoms with Crippen LogP contribution in [0.4, 0.5) is 0 Å². The fraction of sp³-hybridized carbons (Fsp3) is 0.625. The maximum Gasteiger partial charge on any atom is 0.0499 e. The van der Waals surface area contributed by atoms with Crippen LogP contribution in [0, 0.1) is 5.41 Å². The summed E-state index contributed by atoms with van der Waals surface area (Å²) in [4.78, 5) is 0. The number of aliphatic hydroxyl groups excluding tert-OH is 1. The van der Waals surface area contributed by atoms with Crippen LogP contribution < -0.4 is 5.32 Å². The molecular formula is C16H27NO. The Hall–Kier alpha value is -0.860. The number of aliphatic hydroxyl groups is 1. The van der Waals surface area contributed by atoms with Gasteiger partial charge in [-0.15, -0.1) is 0 Å². The lowest BCUT2D eigenvalue weighted by Crippen LogP contribution is -2.37. The second-order valence-electron chi connectivity index (χ2n) is 5.31. The van der Waals surface area contributed by atoms with Crippen LogP contribution in [-0.4, -0.2) is 24.8 Å². The van der Waals surface area contributed by atoms with Gasteiger partial charge in [0.15, 0.2) is 0 Å². The Bertz CT molecular complexity index is 311. The molecule has 18 heavy (non-hydrogen) atoms. The molecule has 0 aliphatic carbocycles. The van der Waals surface area contributed by atoms with E-state index in [1.807, 2.05) is 0 Å². The fourth-order valence-corrected chi connectivity index (χ4v) is 2.23. The van der Waals surface area contributed by atoms with Gasteiger partial charge in [0.2, 0.25) is 0 Å². The van der Waals surface area contributed by atoms with E-state index in [2.05, 4.69) is 56.4 Å². The zero-order valence-corrected chi connectivity index (χ0v) is 11.9. The maximum absolute atomic E-state index is 9.52. The molecule has 0 radical (unpaired) electrons. The molecule has 0 heterocycles. The van der Waals surface area contributed by atoms with Crippen molar-refractivity contribution in [3.63, 3.8) is 0 Å². The predicted molar refractivity (Wildman–Crippen MR) is 77.8 cm³/mol. The van der Waals surface area contributed by atoms with Crippen LogP contribution >= 0.6 is 0 Å². The summed E-state index contributed by atoms with van der Waals surface area (Å²) in [6.07, 6.45) is 2.04. The Morgan fingerprint density at radius 1 is 1.17 bits per heavy atom. The molecule has 0 aliphatic heterocycles. The first kappa shape index (κ1) is 15.2. The summed E-state index contributed by atoms with van der Waals surface area (Å²) in [5.41, 5.74) is 1.42. The highest BCUT2D eigenvalue weighted by Crippen LogP contribution is 2.24. The molecule has 0 fully saturated rings. The number of benzene rings is 1. The predicted octanol–water partition coefficient (Wildman–Crippen LogP) is 3.18. The third-order valence-electron chi connectivity index (χ3n) is 4.15. The van der Waals surface area contributed by atoms with Gasteiger partial charge in [-0.3, -0.25) is 0 Å². The molecule has 1 unspecified atom stereocenters. The van der Waals surface area contributed by atoms with E-state index in [0.717, 1.165) is 25.9 Å². The lowest BCUT2D eigenvalue weighted by Gasteiger charge is -2.30. The molecule has 1 aromatic carbocycles. The zero-order chi connectivity index (χ0) is 13.4. The van der Waals surface area contributed by atoms with Gasteiger partial charge in [-0.1, -0.05) is 51.1 Å². The van der Waals surface area contributed by atoms with Gasteiger partial charge in [0, 0.05) is 25.1 Å². The maximum atomic E-state index is 9.52. The Morgan fingerprint density at radius 2 is 1.78 bits per heavy atom. The minimum atomic E-state index is 0.0520. The first-order valence-electron chi connectivity index (χ1n) is 7.04. The van der Waals surface area contributed by atoms with Crippen molar-refractivity contribution in [2.75, 3.05) is 19.7 Å².